The zero-order chi connectivity index (χ0) is 12.6. The first-order valence-electron chi connectivity index (χ1n) is 5.16. The summed E-state index contributed by atoms with van der Waals surface area (Å²) in [6.07, 6.45) is -0.236. The molecule has 0 aromatic heterocycles. The molecule has 6 heteroatoms. The molecule has 0 aliphatic heterocycles. The van der Waals surface area contributed by atoms with Crippen LogP contribution in [0.3, 0.4) is 0 Å². The van der Waals surface area contributed by atoms with Crippen molar-refractivity contribution in [1.29, 1.82) is 0 Å². The first-order valence-corrected chi connectivity index (χ1v) is 5.16. The van der Waals surface area contributed by atoms with Gasteiger partial charge >= 0.3 is 12.2 Å². The van der Waals surface area contributed by atoms with E-state index in [0.717, 1.165) is 6.42 Å². The Labute approximate surface area is 95.7 Å². The smallest absolute Gasteiger partial charge is 0.406 e. The normalized spacial score (nSPS) is 10.5. The Hall–Kier alpha value is -1.46. The lowest BCUT2D eigenvalue weighted by molar-refractivity contribution is 0.0355. The van der Waals surface area contributed by atoms with E-state index in [1.165, 1.54) is 14.1 Å². The molecule has 0 bridgehead atoms. The van der Waals surface area contributed by atoms with Gasteiger partial charge in [0, 0.05) is 19.5 Å². The number of rotatable bonds is 5. The molecule has 0 unspecified atom stereocenters. The molecule has 0 saturated carbocycles. The predicted octanol–water partition coefficient (Wildman–Crippen LogP) is 1.11. The SMILES string of the molecule is CCC(C)(COC(=O)NC)COC(=O)NC. The average molecular weight is 232 g/mol. The van der Waals surface area contributed by atoms with Crippen molar-refractivity contribution in [3.8, 4) is 0 Å². The van der Waals surface area contributed by atoms with Crippen LogP contribution in [0.25, 0.3) is 0 Å². The number of carbonyl (C=O) groups is 2. The minimum atomic E-state index is -0.486. The number of hydrogen-bond donors (Lipinski definition) is 2. The molecule has 0 rings (SSSR count). The standard InChI is InChI=1S/C10H20N2O4/c1-5-10(2,6-15-8(13)11-3)7-16-9(14)12-4/h5-7H2,1-4H3,(H,11,13)(H,12,14). The molecule has 0 atom stereocenters. The first-order chi connectivity index (χ1) is 7.47. The molecule has 2 amide bonds. The Morgan fingerprint density at radius 3 is 1.69 bits per heavy atom. The molecule has 0 aliphatic carbocycles. The van der Waals surface area contributed by atoms with E-state index in [4.69, 9.17) is 9.47 Å². The van der Waals surface area contributed by atoms with Crippen molar-refractivity contribution in [2.24, 2.45) is 5.41 Å². The zero-order valence-electron chi connectivity index (χ0n) is 10.3. The third-order valence-corrected chi connectivity index (χ3v) is 2.37. The van der Waals surface area contributed by atoms with Gasteiger partial charge in [0.2, 0.25) is 0 Å². The van der Waals surface area contributed by atoms with Gasteiger partial charge in [0.05, 0.1) is 0 Å². The maximum atomic E-state index is 10.9. The van der Waals surface area contributed by atoms with Gasteiger partial charge in [-0.1, -0.05) is 13.8 Å². The highest BCUT2D eigenvalue weighted by atomic mass is 16.6. The van der Waals surface area contributed by atoms with E-state index in [1.54, 1.807) is 0 Å². The summed E-state index contributed by atoms with van der Waals surface area (Å²) >= 11 is 0. The fraction of sp³-hybridized carbons (Fsp3) is 0.800. The fourth-order valence-corrected chi connectivity index (χ4v) is 0.870. The van der Waals surface area contributed by atoms with E-state index in [0.29, 0.717) is 0 Å². The Morgan fingerprint density at radius 1 is 1.06 bits per heavy atom. The van der Waals surface area contributed by atoms with Gasteiger partial charge in [-0.05, 0) is 6.42 Å². The van der Waals surface area contributed by atoms with Crippen LogP contribution in [-0.2, 0) is 9.47 Å². The molecule has 0 heterocycles. The van der Waals surface area contributed by atoms with Crippen molar-refractivity contribution < 1.29 is 19.1 Å². The Bertz CT molecular complexity index is 223. The lowest BCUT2D eigenvalue weighted by atomic mass is 9.90. The van der Waals surface area contributed by atoms with Gasteiger partial charge in [-0.2, -0.15) is 0 Å². The molecular weight excluding hydrogens is 212 g/mol. The minimum Gasteiger partial charge on any atom is -0.449 e. The molecule has 0 aromatic carbocycles. The summed E-state index contributed by atoms with van der Waals surface area (Å²) in [7, 11) is 2.99. The van der Waals surface area contributed by atoms with Crippen molar-refractivity contribution in [3.63, 3.8) is 0 Å². The molecule has 0 spiro atoms. The van der Waals surface area contributed by atoms with Crippen LogP contribution in [0.1, 0.15) is 20.3 Å². The highest BCUT2D eigenvalue weighted by Crippen LogP contribution is 2.21. The van der Waals surface area contributed by atoms with Gasteiger partial charge in [-0.15, -0.1) is 0 Å². The van der Waals surface area contributed by atoms with E-state index in [-0.39, 0.29) is 18.6 Å². The number of alkyl carbamates (subject to hydrolysis) is 2. The maximum absolute atomic E-state index is 10.9. The maximum Gasteiger partial charge on any atom is 0.406 e. The number of nitrogens with one attached hydrogen (secondary N) is 2. The second-order valence-corrected chi connectivity index (χ2v) is 3.82. The Balaban J connectivity index is 4.09. The summed E-state index contributed by atoms with van der Waals surface area (Å²) in [5, 5.41) is 4.71. The molecule has 0 saturated heterocycles. The quantitative estimate of drug-likeness (QED) is 0.744. The topological polar surface area (TPSA) is 76.7 Å². The molecule has 0 aromatic rings. The summed E-state index contributed by atoms with van der Waals surface area (Å²) in [5.74, 6) is 0. The Morgan fingerprint density at radius 2 is 1.44 bits per heavy atom. The lowest BCUT2D eigenvalue weighted by Crippen LogP contribution is -2.34. The fourth-order valence-electron chi connectivity index (χ4n) is 0.870. The van der Waals surface area contributed by atoms with Crippen LogP contribution in [-0.4, -0.2) is 39.5 Å². The van der Waals surface area contributed by atoms with Crippen molar-refractivity contribution in [1.82, 2.24) is 10.6 Å². The monoisotopic (exact) mass is 232 g/mol. The second-order valence-electron chi connectivity index (χ2n) is 3.82. The molecule has 6 nitrogen and oxygen atoms in total. The molecule has 0 radical (unpaired) electrons. The number of carbonyl (C=O) groups excluding carboxylic acids is 2. The van der Waals surface area contributed by atoms with Crippen molar-refractivity contribution in [2.45, 2.75) is 20.3 Å². The summed E-state index contributed by atoms with van der Waals surface area (Å²) in [5.41, 5.74) is -0.362. The highest BCUT2D eigenvalue weighted by molar-refractivity contribution is 5.67. The van der Waals surface area contributed by atoms with Crippen molar-refractivity contribution in [3.05, 3.63) is 0 Å². The third kappa shape index (κ3) is 5.43. The van der Waals surface area contributed by atoms with Gasteiger partial charge in [0.25, 0.3) is 0 Å². The lowest BCUT2D eigenvalue weighted by Gasteiger charge is -2.26. The highest BCUT2D eigenvalue weighted by Gasteiger charge is 2.26. The van der Waals surface area contributed by atoms with Gasteiger partial charge in [-0.3, -0.25) is 0 Å². The molecule has 0 aliphatic rings. The average Bonchev–Trinajstić information content (AvgIpc) is 2.32. The van der Waals surface area contributed by atoms with E-state index >= 15 is 0 Å². The van der Waals surface area contributed by atoms with E-state index in [1.807, 2.05) is 13.8 Å². The molecule has 2 N–H and O–H groups in total. The zero-order valence-corrected chi connectivity index (χ0v) is 10.3. The molecular formula is C10H20N2O4. The number of ether oxygens (including phenoxy) is 2. The van der Waals surface area contributed by atoms with Crippen LogP contribution in [0.2, 0.25) is 0 Å². The molecule has 16 heavy (non-hydrogen) atoms. The van der Waals surface area contributed by atoms with Gasteiger partial charge in [-0.25, -0.2) is 9.59 Å². The van der Waals surface area contributed by atoms with Crippen molar-refractivity contribution >= 4 is 12.2 Å². The van der Waals surface area contributed by atoms with Crippen LogP contribution in [0.5, 0.6) is 0 Å². The van der Waals surface area contributed by atoms with Gasteiger partial charge < -0.3 is 20.1 Å². The van der Waals surface area contributed by atoms with E-state index < -0.39 is 12.2 Å². The number of hydrogen-bond acceptors (Lipinski definition) is 4. The second kappa shape index (κ2) is 6.92. The van der Waals surface area contributed by atoms with Gasteiger partial charge in [0.15, 0.2) is 0 Å². The van der Waals surface area contributed by atoms with E-state index in [2.05, 4.69) is 10.6 Å². The Kier molecular flexibility index (Phi) is 6.29. The predicted molar refractivity (Wildman–Crippen MR) is 59.2 cm³/mol. The summed E-state index contributed by atoms with van der Waals surface area (Å²) in [4.78, 5) is 21.8. The number of amides is 2. The third-order valence-electron chi connectivity index (χ3n) is 2.37. The summed E-state index contributed by atoms with van der Waals surface area (Å²) in [6.45, 7) is 4.25. The van der Waals surface area contributed by atoms with E-state index in [9.17, 15) is 9.59 Å². The van der Waals surface area contributed by atoms with Crippen LogP contribution in [0.4, 0.5) is 9.59 Å². The van der Waals surface area contributed by atoms with Crippen LogP contribution < -0.4 is 10.6 Å². The van der Waals surface area contributed by atoms with Crippen LogP contribution in [0, 0.1) is 5.41 Å². The molecule has 0 fully saturated rings. The summed E-state index contributed by atoms with van der Waals surface area (Å²) in [6, 6.07) is 0. The van der Waals surface area contributed by atoms with Crippen LogP contribution >= 0.6 is 0 Å². The molecule has 94 valence electrons. The minimum absolute atomic E-state index is 0.208. The first kappa shape index (κ1) is 14.5. The van der Waals surface area contributed by atoms with Crippen LogP contribution in [0.15, 0.2) is 0 Å². The van der Waals surface area contributed by atoms with Gasteiger partial charge in [0.1, 0.15) is 13.2 Å². The van der Waals surface area contributed by atoms with Crippen molar-refractivity contribution in [2.75, 3.05) is 27.3 Å². The summed E-state index contributed by atoms with van der Waals surface area (Å²) < 4.78 is 9.90. The largest absolute Gasteiger partial charge is 0.449 e.